The van der Waals surface area contributed by atoms with E-state index in [0.29, 0.717) is 5.54 Å². The standard InChI is InChI=1S/C13H21N/c1-2-12(1)14-13-6-9-3-10(7-13)5-11(4-9)8-13/h9-12,14H,1-8H2. The number of nitrogens with one attached hydrogen (secondary N) is 1. The van der Waals surface area contributed by atoms with Crippen molar-refractivity contribution in [1.82, 2.24) is 5.32 Å². The molecule has 0 aromatic rings. The molecule has 5 saturated carbocycles. The topological polar surface area (TPSA) is 12.0 Å². The maximum absolute atomic E-state index is 4.00. The van der Waals surface area contributed by atoms with Crippen molar-refractivity contribution in [3.05, 3.63) is 0 Å². The van der Waals surface area contributed by atoms with Crippen LogP contribution in [0.5, 0.6) is 0 Å². The highest BCUT2D eigenvalue weighted by Crippen LogP contribution is 2.56. The Morgan fingerprint density at radius 3 is 1.71 bits per heavy atom. The van der Waals surface area contributed by atoms with Crippen LogP contribution in [0.25, 0.3) is 0 Å². The summed E-state index contributed by atoms with van der Waals surface area (Å²) < 4.78 is 0. The average molecular weight is 191 g/mol. The maximum atomic E-state index is 4.00. The van der Waals surface area contributed by atoms with Crippen LogP contribution in [0.2, 0.25) is 0 Å². The largest absolute Gasteiger partial charge is 0.308 e. The van der Waals surface area contributed by atoms with Gasteiger partial charge in [-0.05, 0) is 69.1 Å². The van der Waals surface area contributed by atoms with E-state index in [0.717, 1.165) is 23.8 Å². The van der Waals surface area contributed by atoms with Crippen LogP contribution in [0.15, 0.2) is 0 Å². The van der Waals surface area contributed by atoms with Crippen molar-refractivity contribution in [1.29, 1.82) is 0 Å². The van der Waals surface area contributed by atoms with E-state index < -0.39 is 0 Å². The van der Waals surface area contributed by atoms with Gasteiger partial charge in [0, 0.05) is 11.6 Å². The number of hydrogen-bond acceptors (Lipinski definition) is 1. The maximum Gasteiger partial charge on any atom is 0.0192 e. The summed E-state index contributed by atoms with van der Waals surface area (Å²) >= 11 is 0. The van der Waals surface area contributed by atoms with Gasteiger partial charge in [0.05, 0.1) is 0 Å². The third-order valence-electron chi connectivity index (χ3n) is 5.13. The summed E-state index contributed by atoms with van der Waals surface area (Å²) in [6.45, 7) is 0. The quantitative estimate of drug-likeness (QED) is 0.707. The van der Waals surface area contributed by atoms with Crippen molar-refractivity contribution in [2.75, 3.05) is 0 Å². The Balaban J connectivity index is 1.60. The molecule has 4 bridgehead atoms. The summed E-state index contributed by atoms with van der Waals surface area (Å²) in [6, 6.07) is 0.922. The first-order valence-corrected chi connectivity index (χ1v) is 6.59. The van der Waals surface area contributed by atoms with Crippen molar-refractivity contribution in [3.8, 4) is 0 Å². The van der Waals surface area contributed by atoms with E-state index in [1.807, 2.05) is 0 Å². The molecule has 0 aromatic carbocycles. The summed E-state index contributed by atoms with van der Waals surface area (Å²) in [5.41, 5.74) is 0.635. The molecule has 0 spiro atoms. The molecule has 0 amide bonds. The first-order chi connectivity index (χ1) is 6.81. The minimum absolute atomic E-state index is 0.635. The van der Waals surface area contributed by atoms with Gasteiger partial charge >= 0.3 is 0 Å². The van der Waals surface area contributed by atoms with Crippen molar-refractivity contribution in [2.24, 2.45) is 17.8 Å². The van der Waals surface area contributed by atoms with Gasteiger partial charge in [0.1, 0.15) is 0 Å². The highest BCUT2D eigenvalue weighted by Gasteiger charge is 2.51. The Morgan fingerprint density at radius 2 is 1.29 bits per heavy atom. The second-order valence-corrected chi connectivity index (χ2v) is 6.62. The van der Waals surface area contributed by atoms with Gasteiger partial charge in [0.2, 0.25) is 0 Å². The molecule has 14 heavy (non-hydrogen) atoms. The van der Waals surface area contributed by atoms with Gasteiger partial charge in [-0.15, -0.1) is 0 Å². The normalized spacial score (nSPS) is 55.3. The van der Waals surface area contributed by atoms with Crippen LogP contribution < -0.4 is 5.32 Å². The van der Waals surface area contributed by atoms with Crippen LogP contribution in [0, 0.1) is 17.8 Å². The second-order valence-electron chi connectivity index (χ2n) is 6.62. The van der Waals surface area contributed by atoms with Gasteiger partial charge in [-0.1, -0.05) is 0 Å². The Kier molecular flexibility index (Phi) is 1.49. The van der Waals surface area contributed by atoms with E-state index in [4.69, 9.17) is 0 Å². The molecule has 0 unspecified atom stereocenters. The molecule has 0 heterocycles. The molecule has 1 heteroatoms. The fourth-order valence-corrected chi connectivity index (χ4v) is 4.95. The fourth-order valence-electron chi connectivity index (χ4n) is 4.95. The van der Waals surface area contributed by atoms with E-state index in [1.165, 1.54) is 32.1 Å². The van der Waals surface area contributed by atoms with Crippen LogP contribution in [-0.2, 0) is 0 Å². The van der Waals surface area contributed by atoms with Gasteiger partial charge in [0.15, 0.2) is 0 Å². The Morgan fingerprint density at radius 1 is 0.786 bits per heavy atom. The predicted molar refractivity (Wildman–Crippen MR) is 57.1 cm³/mol. The summed E-state index contributed by atoms with van der Waals surface area (Å²) in [5.74, 6) is 3.31. The smallest absolute Gasteiger partial charge is 0.0192 e. The number of hydrogen-bond donors (Lipinski definition) is 1. The predicted octanol–water partition coefficient (Wildman–Crippen LogP) is 2.71. The zero-order valence-electron chi connectivity index (χ0n) is 8.97. The molecule has 1 nitrogen and oxygen atoms in total. The van der Waals surface area contributed by atoms with E-state index in [-0.39, 0.29) is 0 Å². The van der Waals surface area contributed by atoms with Gasteiger partial charge < -0.3 is 5.32 Å². The highest BCUT2D eigenvalue weighted by atomic mass is 15.1. The van der Waals surface area contributed by atoms with Crippen LogP contribution in [-0.4, -0.2) is 11.6 Å². The van der Waals surface area contributed by atoms with Crippen LogP contribution in [0.1, 0.15) is 51.4 Å². The Bertz CT molecular complexity index is 213. The third-order valence-corrected chi connectivity index (χ3v) is 5.13. The summed E-state index contributed by atoms with van der Waals surface area (Å²) in [5, 5.41) is 4.00. The molecule has 0 radical (unpaired) electrons. The molecule has 5 aliphatic rings. The molecular weight excluding hydrogens is 170 g/mol. The zero-order chi connectivity index (χ0) is 9.17. The van der Waals surface area contributed by atoms with E-state index in [2.05, 4.69) is 5.32 Å². The lowest BCUT2D eigenvalue weighted by Gasteiger charge is -2.57. The molecule has 1 N–H and O–H groups in total. The summed E-state index contributed by atoms with van der Waals surface area (Å²) in [7, 11) is 0. The Hall–Kier alpha value is -0.0400. The molecule has 0 aromatic heterocycles. The van der Waals surface area contributed by atoms with Crippen LogP contribution in [0.3, 0.4) is 0 Å². The van der Waals surface area contributed by atoms with Crippen molar-refractivity contribution < 1.29 is 0 Å². The first-order valence-electron chi connectivity index (χ1n) is 6.59. The third kappa shape index (κ3) is 1.18. The van der Waals surface area contributed by atoms with E-state index in [1.54, 1.807) is 19.3 Å². The van der Waals surface area contributed by atoms with Crippen molar-refractivity contribution in [3.63, 3.8) is 0 Å². The molecule has 78 valence electrons. The second kappa shape index (κ2) is 2.55. The number of rotatable bonds is 2. The van der Waals surface area contributed by atoms with Gasteiger partial charge in [-0.2, -0.15) is 0 Å². The zero-order valence-corrected chi connectivity index (χ0v) is 8.97. The minimum atomic E-state index is 0.635. The molecule has 0 aliphatic heterocycles. The van der Waals surface area contributed by atoms with E-state index in [9.17, 15) is 0 Å². The lowest BCUT2D eigenvalue weighted by Crippen LogP contribution is -2.58. The first kappa shape index (κ1) is 8.15. The average Bonchev–Trinajstić information content (AvgIpc) is 2.84. The van der Waals surface area contributed by atoms with Gasteiger partial charge in [0.25, 0.3) is 0 Å². The fraction of sp³-hybridized carbons (Fsp3) is 1.00. The van der Waals surface area contributed by atoms with Gasteiger partial charge in [-0.3, -0.25) is 0 Å². The Labute approximate surface area is 86.6 Å². The molecule has 5 aliphatic carbocycles. The summed E-state index contributed by atoms with van der Waals surface area (Å²) in [4.78, 5) is 0. The molecular formula is C13H21N. The van der Waals surface area contributed by atoms with Crippen molar-refractivity contribution >= 4 is 0 Å². The van der Waals surface area contributed by atoms with E-state index >= 15 is 0 Å². The molecule has 0 atom stereocenters. The lowest BCUT2D eigenvalue weighted by atomic mass is 9.53. The highest BCUT2D eigenvalue weighted by molar-refractivity contribution is 5.08. The monoisotopic (exact) mass is 191 g/mol. The summed E-state index contributed by atoms with van der Waals surface area (Å²) in [6.07, 6.45) is 12.2. The molecule has 0 saturated heterocycles. The van der Waals surface area contributed by atoms with Crippen molar-refractivity contribution in [2.45, 2.75) is 62.9 Å². The lowest BCUT2D eigenvalue weighted by molar-refractivity contribution is -0.0205. The SMILES string of the molecule is C1C2CC3CC1CC(NC1CC1)(C2)C3. The minimum Gasteiger partial charge on any atom is -0.308 e. The molecule has 5 fully saturated rings. The van der Waals surface area contributed by atoms with Crippen LogP contribution >= 0.6 is 0 Å². The van der Waals surface area contributed by atoms with Crippen LogP contribution in [0.4, 0.5) is 0 Å². The molecule has 5 rings (SSSR count). The van der Waals surface area contributed by atoms with Gasteiger partial charge in [-0.25, -0.2) is 0 Å².